The lowest BCUT2D eigenvalue weighted by atomic mass is 9.77. The minimum absolute atomic E-state index is 0.00534. The van der Waals surface area contributed by atoms with Crippen LogP contribution in [0.4, 0.5) is 5.69 Å². The molecule has 2 aliphatic heterocycles. The maximum Gasteiger partial charge on any atom is 0.255 e. The summed E-state index contributed by atoms with van der Waals surface area (Å²) >= 11 is 1.77. The predicted molar refractivity (Wildman–Crippen MR) is 113 cm³/mol. The number of fused-ring (bicyclic) bond motifs is 6. The van der Waals surface area contributed by atoms with Crippen molar-refractivity contribution in [2.45, 2.75) is 18.4 Å². The second-order valence-electron chi connectivity index (χ2n) is 7.61. The summed E-state index contributed by atoms with van der Waals surface area (Å²) in [5.41, 5.74) is 5.44. The molecule has 4 heterocycles. The smallest absolute Gasteiger partial charge is 0.255 e. The van der Waals surface area contributed by atoms with Gasteiger partial charge in [-0.3, -0.25) is 10.1 Å². The van der Waals surface area contributed by atoms with Gasteiger partial charge in [-0.15, -0.1) is 11.3 Å². The van der Waals surface area contributed by atoms with Crippen LogP contribution >= 0.6 is 11.3 Å². The van der Waals surface area contributed by atoms with Crippen LogP contribution in [0.5, 0.6) is 0 Å². The molecule has 4 nitrogen and oxygen atoms in total. The molecule has 2 aliphatic rings. The highest BCUT2D eigenvalue weighted by atomic mass is 32.1. The number of hydrogen-bond acceptors (Lipinski definition) is 3. The fraction of sp³-hybridized carbons (Fsp3) is 0.174. The molecule has 0 radical (unpaired) electrons. The zero-order valence-electron chi connectivity index (χ0n) is 15.4. The van der Waals surface area contributed by atoms with Gasteiger partial charge in [0.1, 0.15) is 0 Å². The zero-order chi connectivity index (χ0) is 18.9. The molecule has 0 aliphatic carbocycles. The molecule has 3 N–H and O–H groups in total. The van der Waals surface area contributed by atoms with E-state index in [1.54, 1.807) is 11.3 Å². The third kappa shape index (κ3) is 1.90. The van der Waals surface area contributed by atoms with Crippen LogP contribution in [-0.2, 0) is 10.3 Å². The number of anilines is 1. The standard InChI is InChI=1S/C23H19N3OS/c1-13-6-4-8-16-20(13)26-22(27)23(16)21-19(14-7-2-3-9-17(14)25-21)15(12-24-23)18-10-5-11-28-18/h2-11,15,24-25H,12H2,1H3,(H,26,27)/t15-,23+/m1/s1. The number of nitrogens with one attached hydrogen (secondary N) is 3. The lowest BCUT2D eigenvalue weighted by Gasteiger charge is -2.37. The molecule has 1 amide bonds. The Kier molecular flexibility index (Phi) is 3.20. The van der Waals surface area contributed by atoms with Gasteiger partial charge in [0.25, 0.3) is 5.91 Å². The molecule has 1 spiro atoms. The Morgan fingerprint density at radius 1 is 1.07 bits per heavy atom. The van der Waals surface area contributed by atoms with Crippen molar-refractivity contribution in [3.05, 3.63) is 87.2 Å². The average molecular weight is 385 g/mol. The number of amides is 1. The molecule has 6 rings (SSSR count). The maximum atomic E-state index is 13.4. The third-order valence-electron chi connectivity index (χ3n) is 6.18. The summed E-state index contributed by atoms with van der Waals surface area (Å²) in [6.07, 6.45) is 0. The van der Waals surface area contributed by atoms with E-state index in [9.17, 15) is 4.79 Å². The minimum atomic E-state index is -0.872. The topological polar surface area (TPSA) is 56.9 Å². The molecule has 4 aromatic rings. The third-order valence-corrected chi connectivity index (χ3v) is 7.17. The van der Waals surface area contributed by atoms with Crippen LogP contribution in [0.3, 0.4) is 0 Å². The van der Waals surface area contributed by atoms with E-state index < -0.39 is 5.54 Å². The van der Waals surface area contributed by atoms with Gasteiger partial charge in [0.15, 0.2) is 5.54 Å². The van der Waals surface area contributed by atoms with Crippen molar-refractivity contribution in [1.29, 1.82) is 0 Å². The summed E-state index contributed by atoms with van der Waals surface area (Å²) in [7, 11) is 0. The Hall–Kier alpha value is -2.89. The van der Waals surface area contributed by atoms with Gasteiger partial charge in [-0.1, -0.05) is 42.5 Å². The normalized spacial score (nSPS) is 23.0. The Bertz CT molecular complexity index is 1240. The van der Waals surface area contributed by atoms with Crippen molar-refractivity contribution < 1.29 is 4.79 Å². The van der Waals surface area contributed by atoms with Crippen molar-refractivity contribution in [2.24, 2.45) is 0 Å². The molecular formula is C23H19N3OS. The monoisotopic (exact) mass is 385 g/mol. The molecule has 0 bridgehead atoms. The quantitative estimate of drug-likeness (QED) is 0.453. The first-order valence-corrected chi connectivity index (χ1v) is 10.4. The van der Waals surface area contributed by atoms with Crippen molar-refractivity contribution in [3.8, 4) is 0 Å². The second kappa shape index (κ2) is 5.56. The summed E-state index contributed by atoms with van der Waals surface area (Å²) in [6.45, 7) is 2.76. The number of carbonyl (C=O) groups excluding carboxylic acids is 1. The average Bonchev–Trinajstić information content (AvgIpc) is 3.42. The molecule has 138 valence electrons. The van der Waals surface area contributed by atoms with Crippen molar-refractivity contribution in [3.63, 3.8) is 0 Å². The maximum absolute atomic E-state index is 13.4. The molecule has 2 aromatic heterocycles. The summed E-state index contributed by atoms with van der Waals surface area (Å²) in [6, 6.07) is 18.8. The van der Waals surface area contributed by atoms with E-state index in [4.69, 9.17) is 0 Å². The van der Waals surface area contributed by atoms with Crippen LogP contribution in [0.15, 0.2) is 60.0 Å². The van der Waals surface area contributed by atoms with Crippen molar-refractivity contribution in [1.82, 2.24) is 10.3 Å². The van der Waals surface area contributed by atoms with E-state index in [-0.39, 0.29) is 11.8 Å². The SMILES string of the molecule is Cc1cccc2c1NC(=O)[C@]21NC[C@H](c2cccs2)c2c1[nH]c1ccccc21. The van der Waals surface area contributed by atoms with Crippen molar-refractivity contribution in [2.75, 3.05) is 11.9 Å². The van der Waals surface area contributed by atoms with Gasteiger partial charge in [0.05, 0.1) is 5.69 Å². The number of aromatic nitrogens is 1. The number of para-hydroxylation sites is 2. The number of thiophene rings is 1. The summed E-state index contributed by atoms with van der Waals surface area (Å²) < 4.78 is 0. The molecule has 0 unspecified atom stereocenters. The van der Waals surface area contributed by atoms with Gasteiger partial charge in [0, 0.05) is 39.5 Å². The van der Waals surface area contributed by atoms with Crippen LogP contribution in [0.2, 0.25) is 0 Å². The highest BCUT2D eigenvalue weighted by molar-refractivity contribution is 7.10. The van der Waals surface area contributed by atoms with Crippen LogP contribution in [0.1, 0.15) is 33.2 Å². The number of carbonyl (C=O) groups is 1. The summed E-state index contributed by atoms with van der Waals surface area (Å²) in [4.78, 5) is 18.3. The Morgan fingerprint density at radius 2 is 1.96 bits per heavy atom. The number of rotatable bonds is 1. The molecule has 0 saturated heterocycles. The van der Waals surface area contributed by atoms with Crippen LogP contribution in [0, 0.1) is 6.92 Å². The first-order valence-electron chi connectivity index (χ1n) is 9.51. The number of aryl methyl sites for hydroxylation is 1. The van der Waals surface area contributed by atoms with Gasteiger partial charge >= 0.3 is 0 Å². The van der Waals surface area contributed by atoms with Crippen LogP contribution in [0.25, 0.3) is 10.9 Å². The molecule has 5 heteroatoms. The number of aromatic amines is 1. The molecule has 28 heavy (non-hydrogen) atoms. The number of benzene rings is 2. The van der Waals surface area contributed by atoms with Gasteiger partial charge < -0.3 is 10.3 Å². The minimum Gasteiger partial charge on any atom is -0.356 e. The van der Waals surface area contributed by atoms with Crippen molar-refractivity contribution >= 4 is 33.8 Å². The molecule has 2 aromatic carbocycles. The first kappa shape index (κ1) is 16.1. The first-order chi connectivity index (χ1) is 13.7. The van der Waals surface area contributed by atoms with Gasteiger partial charge in [0.2, 0.25) is 0 Å². The second-order valence-corrected chi connectivity index (χ2v) is 8.59. The van der Waals surface area contributed by atoms with Gasteiger partial charge in [-0.05, 0) is 35.6 Å². The van der Waals surface area contributed by atoms with E-state index in [0.717, 1.165) is 34.6 Å². The van der Waals surface area contributed by atoms with Crippen LogP contribution in [-0.4, -0.2) is 17.4 Å². The largest absolute Gasteiger partial charge is 0.356 e. The lowest BCUT2D eigenvalue weighted by molar-refractivity contribution is -0.120. The fourth-order valence-electron chi connectivity index (χ4n) is 4.90. The van der Waals surface area contributed by atoms with Gasteiger partial charge in [-0.25, -0.2) is 0 Å². The van der Waals surface area contributed by atoms with Crippen LogP contribution < -0.4 is 10.6 Å². The summed E-state index contributed by atoms with van der Waals surface area (Å²) in [5, 5.41) is 10.1. The van der Waals surface area contributed by atoms with E-state index in [1.165, 1.54) is 15.8 Å². The fourth-order valence-corrected chi connectivity index (χ4v) is 5.74. The van der Waals surface area contributed by atoms with E-state index >= 15 is 0 Å². The zero-order valence-corrected chi connectivity index (χ0v) is 16.2. The molecule has 0 fully saturated rings. The Morgan fingerprint density at radius 3 is 2.82 bits per heavy atom. The molecular weight excluding hydrogens is 366 g/mol. The lowest BCUT2D eigenvalue weighted by Crippen LogP contribution is -2.54. The van der Waals surface area contributed by atoms with E-state index in [2.05, 4.69) is 57.4 Å². The Balaban J connectivity index is 1.69. The van der Waals surface area contributed by atoms with Gasteiger partial charge in [-0.2, -0.15) is 0 Å². The molecule has 0 saturated carbocycles. The number of H-pyrrole nitrogens is 1. The number of hydrogen-bond donors (Lipinski definition) is 3. The predicted octanol–water partition coefficient (Wildman–Crippen LogP) is 4.47. The molecule has 2 atom stereocenters. The van der Waals surface area contributed by atoms with E-state index in [0.29, 0.717) is 0 Å². The summed E-state index contributed by atoms with van der Waals surface area (Å²) in [5.74, 6) is 0.215. The highest BCUT2D eigenvalue weighted by Crippen LogP contribution is 2.50. The Labute approximate surface area is 166 Å². The highest BCUT2D eigenvalue weighted by Gasteiger charge is 2.54. The van der Waals surface area contributed by atoms with E-state index in [1.807, 2.05) is 25.1 Å².